The summed E-state index contributed by atoms with van der Waals surface area (Å²) in [7, 11) is 1.85. The van der Waals surface area contributed by atoms with E-state index in [2.05, 4.69) is 15.8 Å². The van der Waals surface area contributed by atoms with Crippen LogP contribution >= 0.6 is 0 Å². The molecular formula is C31H38F3N5O5. The third kappa shape index (κ3) is 8.08. The fraction of sp³-hybridized carbons (Fsp3) is 0.452. The van der Waals surface area contributed by atoms with Crippen LogP contribution in [0.25, 0.3) is 0 Å². The van der Waals surface area contributed by atoms with Crippen LogP contribution in [0.3, 0.4) is 0 Å². The number of aromatic nitrogens is 1. The molecule has 0 aliphatic carbocycles. The van der Waals surface area contributed by atoms with Crippen LogP contribution < -0.4 is 15.4 Å². The topological polar surface area (TPSA) is 120 Å². The van der Waals surface area contributed by atoms with Gasteiger partial charge < -0.3 is 29.9 Å². The number of amides is 3. The number of ether oxygens (including phenoxy) is 1. The van der Waals surface area contributed by atoms with Crippen molar-refractivity contribution in [3.05, 3.63) is 70.6 Å². The summed E-state index contributed by atoms with van der Waals surface area (Å²) in [5, 5.41) is 19.2. The molecule has 0 saturated heterocycles. The van der Waals surface area contributed by atoms with Crippen LogP contribution in [0, 0.1) is 19.8 Å². The first kappa shape index (κ1) is 32.8. The lowest BCUT2D eigenvalue weighted by Crippen LogP contribution is -2.47. The summed E-state index contributed by atoms with van der Waals surface area (Å²) in [6, 6.07) is 9.17. The van der Waals surface area contributed by atoms with Crippen molar-refractivity contribution in [2.24, 2.45) is 5.92 Å². The maximum atomic E-state index is 13.5. The molecule has 3 atom stereocenters. The Morgan fingerprint density at radius 3 is 2.50 bits per heavy atom. The largest absolute Gasteiger partial charge is 0.488 e. The van der Waals surface area contributed by atoms with Crippen LogP contribution in [0.1, 0.15) is 42.0 Å². The Balaban J connectivity index is 1.55. The number of aliphatic hydroxyl groups excluding tert-OH is 1. The number of nitrogens with zero attached hydrogens (tertiary/aromatic N) is 3. The fourth-order valence-corrected chi connectivity index (χ4v) is 5.15. The second-order valence-corrected chi connectivity index (χ2v) is 11.4. The van der Waals surface area contributed by atoms with Crippen LogP contribution in [0.15, 0.2) is 47.0 Å². The number of halogens is 3. The normalized spacial score (nSPS) is 18.1. The molecule has 0 radical (unpaired) electrons. The molecule has 238 valence electrons. The number of rotatable bonds is 8. The van der Waals surface area contributed by atoms with Gasteiger partial charge in [0.2, 0.25) is 5.91 Å². The Morgan fingerprint density at radius 1 is 1.18 bits per heavy atom. The first-order valence-electron chi connectivity index (χ1n) is 14.3. The number of benzene rings is 2. The summed E-state index contributed by atoms with van der Waals surface area (Å²) in [6.07, 6.45) is -4.82. The summed E-state index contributed by atoms with van der Waals surface area (Å²) >= 11 is 0. The van der Waals surface area contributed by atoms with Gasteiger partial charge in [-0.05, 0) is 63.7 Å². The number of nitrogens with one attached hydrogen (secondary N) is 2. The highest BCUT2D eigenvalue weighted by Crippen LogP contribution is 2.31. The molecule has 3 N–H and O–H groups in total. The van der Waals surface area contributed by atoms with Gasteiger partial charge in [-0.3, -0.25) is 9.69 Å². The van der Waals surface area contributed by atoms with Crippen molar-refractivity contribution in [2.75, 3.05) is 37.4 Å². The van der Waals surface area contributed by atoms with Gasteiger partial charge in [0.05, 0.1) is 24.6 Å². The minimum absolute atomic E-state index is 0.0124. The number of hydrogen-bond donors (Lipinski definition) is 3. The number of anilines is 2. The highest BCUT2D eigenvalue weighted by atomic mass is 19.4. The van der Waals surface area contributed by atoms with Crippen molar-refractivity contribution in [1.82, 2.24) is 15.0 Å². The molecule has 13 heteroatoms. The number of carbonyl (C=O) groups is 2. The number of aliphatic hydroxyl groups is 1. The highest BCUT2D eigenvalue weighted by molar-refractivity contribution is 6.00. The van der Waals surface area contributed by atoms with Gasteiger partial charge in [-0.15, -0.1) is 0 Å². The summed E-state index contributed by atoms with van der Waals surface area (Å²) in [6.45, 7) is 8.04. The molecule has 1 aliphatic rings. The molecule has 0 fully saturated rings. The third-order valence-corrected chi connectivity index (χ3v) is 7.67. The number of urea groups is 1. The number of likely N-dealkylation sites (N-methyl/N-ethyl adjacent to an activating group) is 1. The molecule has 10 nitrogen and oxygen atoms in total. The zero-order valence-electron chi connectivity index (χ0n) is 25.4. The fourth-order valence-electron chi connectivity index (χ4n) is 5.15. The molecular weight excluding hydrogens is 579 g/mol. The van der Waals surface area contributed by atoms with Crippen molar-refractivity contribution >= 4 is 23.3 Å². The maximum Gasteiger partial charge on any atom is 0.416 e. The quantitative estimate of drug-likeness (QED) is 0.317. The summed E-state index contributed by atoms with van der Waals surface area (Å²) in [5.74, 6) is 0.591. The van der Waals surface area contributed by atoms with Gasteiger partial charge in [0, 0.05) is 36.8 Å². The van der Waals surface area contributed by atoms with Gasteiger partial charge in [0.25, 0.3) is 0 Å². The lowest BCUT2D eigenvalue weighted by Gasteiger charge is -2.34. The minimum atomic E-state index is -4.40. The molecule has 0 spiro atoms. The molecule has 0 unspecified atom stereocenters. The Hall–Kier alpha value is -4.10. The number of fused-ring (bicyclic) bond motifs is 1. The number of aryl methyl sites for hydroxylation is 2. The van der Waals surface area contributed by atoms with Crippen LogP contribution in [0.5, 0.6) is 5.75 Å². The molecule has 3 amide bonds. The molecule has 4 rings (SSSR count). The Bertz CT molecular complexity index is 1440. The molecule has 0 bridgehead atoms. The third-order valence-electron chi connectivity index (χ3n) is 7.67. The van der Waals surface area contributed by atoms with E-state index in [1.165, 1.54) is 12.1 Å². The van der Waals surface area contributed by atoms with E-state index in [0.717, 1.165) is 12.1 Å². The van der Waals surface area contributed by atoms with E-state index in [1.54, 1.807) is 43.9 Å². The predicted octanol–water partition coefficient (Wildman–Crippen LogP) is 5.24. The number of hydrogen-bond acceptors (Lipinski definition) is 7. The SMILES string of the molecule is Cc1noc(C)c1NC(=O)Nc1ccc2c(c1)CC(=O)N([C@H](C)CO)C[C@@H](C)[C@@H](CN(C)Cc1ccc(C(F)(F)F)cc1)O2. The average Bonchev–Trinajstić information content (AvgIpc) is 3.29. The van der Waals surface area contributed by atoms with Crippen molar-refractivity contribution in [3.8, 4) is 5.75 Å². The van der Waals surface area contributed by atoms with Crippen molar-refractivity contribution in [2.45, 2.75) is 59.0 Å². The molecule has 44 heavy (non-hydrogen) atoms. The molecule has 0 saturated carbocycles. The van der Waals surface area contributed by atoms with Gasteiger partial charge in [-0.2, -0.15) is 13.2 Å². The first-order chi connectivity index (χ1) is 20.7. The molecule has 3 aromatic rings. The second-order valence-electron chi connectivity index (χ2n) is 11.4. The second kappa shape index (κ2) is 13.7. The van der Waals surface area contributed by atoms with Crippen molar-refractivity contribution < 1.29 is 37.1 Å². The van der Waals surface area contributed by atoms with Gasteiger partial charge in [-0.1, -0.05) is 24.2 Å². The zero-order valence-corrected chi connectivity index (χ0v) is 25.4. The van der Waals surface area contributed by atoms with E-state index in [0.29, 0.717) is 59.3 Å². The molecule has 2 heterocycles. The Kier molecular flexibility index (Phi) is 10.2. The van der Waals surface area contributed by atoms with Crippen LogP contribution in [-0.4, -0.2) is 70.9 Å². The Morgan fingerprint density at radius 2 is 1.89 bits per heavy atom. The summed E-state index contributed by atoms with van der Waals surface area (Å²) in [4.78, 5) is 29.8. The monoisotopic (exact) mass is 617 g/mol. The van der Waals surface area contributed by atoms with E-state index in [-0.39, 0.29) is 24.9 Å². The number of alkyl halides is 3. The zero-order chi connectivity index (χ0) is 32.2. The van der Waals surface area contributed by atoms with Crippen LogP contribution in [0.2, 0.25) is 0 Å². The van der Waals surface area contributed by atoms with Gasteiger partial charge >= 0.3 is 12.2 Å². The van der Waals surface area contributed by atoms with Gasteiger partial charge in [0.1, 0.15) is 23.2 Å². The molecule has 2 aromatic carbocycles. The highest BCUT2D eigenvalue weighted by Gasteiger charge is 2.32. The van der Waals surface area contributed by atoms with E-state index < -0.39 is 29.9 Å². The van der Waals surface area contributed by atoms with Gasteiger partial charge in [0.15, 0.2) is 5.76 Å². The maximum absolute atomic E-state index is 13.5. The van der Waals surface area contributed by atoms with E-state index in [1.807, 2.05) is 18.9 Å². The minimum Gasteiger partial charge on any atom is -0.488 e. The predicted molar refractivity (Wildman–Crippen MR) is 158 cm³/mol. The van der Waals surface area contributed by atoms with E-state index in [9.17, 15) is 27.9 Å². The van der Waals surface area contributed by atoms with Crippen LogP contribution in [0.4, 0.5) is 29.3 Å². The van der Waals surface area contributed by atoms with Gasteiger partial charge in [-0.25, -0.2) is 4.79 Å². The van der Waals surface area contributed by atoms with E-state index in [4.69, 9.17) is 9.26 Å². The van der Waals surface area contributed by atoms with Crippen molar-refractivity contribution in [3.63, 3.8) is 0 Å². The van der Waals surface area contributed by atoms with Crippen molar-refractivity contribution in [1.29, 1.82) is 0 Å². The summed E-state index contributed by atoms with van der Waals surface area (Å²) in [5.41, 5.74) is 2.01. The standard InChI is InChI=1S/C31H38F3N5O5/c1-18-14-39(19(2)17-40)28(41)13-23-12-25(35-30(42)36-29-20(3)37-44-21(29)4)10-11-26(23)43-27(18)16-38(5)15-22-6-8-24(9-7-22)31(32,33)34/h6-12,18-19,27,40H,13-17H2,1-5H3,(H2,35,36,42)/t18-,19-,27-/m1/s1. The van der Waals surface area contributed by atoms with Crippen LogP contribution in [-0.2, 0) is 23.9 Å². The molecule has 1 aromatic heterocycles. The average molecular weight is 618 g/mol. The smallest absolute Gasteiger partial charge is 0.416 e. The number of carbonyl (C=O) groups excluding carboxylic acids is 2. The lowest BCUT2D eigenvalue weighted by atomic mass is 10.0. The lowest BCUT2D eigenvalue weighted by molar-refractivity contribution is -0.137. The Labute approximate surface area is 254 Å². The summed E-state index contributed by atoms with van der Waals surface area (Å²) < 4.78 is 50.6. The molecule has 1 aliphatic heterocycles. The van der Waals surface area contributed by atoms with E-state index >= 15 is 0 Å². The first-order valence-corrected chi connectivity index (χ1v) is 14.3.